The van der Waals surface area contributed by atoms with Crippen LogP contribution >= 0.6 is 0 Å². The molecule has 190 valence electrons. The number of ketones is 2. The maximum atomic E-state index is 13.9. The molecular weight excluding hydrogens is 424 g/mol. The van der Waals surface area contributed by atoms with Gasteiger partial charge in [0.05, 0.1) is 0 Å². The highest BCUT2D eigenvalue weighted by atomic mass is 16.5. The minimum Gasteiger partial charge on any atom is -0.463 e. The van der Waals surface area contributed by atoms with Crippen LogP contribution in [0.25, 0.3) is 0 Å². The summed E-state index contributed by atoms with van der Waals surface area (Å²) in [6, 6.07) is 0. The Bertz CT molecular complexity index is 858. The average Bonchev–Trinajstić information content (AvgIpc) is 3.08. The predicted octanol–water partition coefficient (Wildman–Crippen LogP) is 6.42. The number of allylic oxidation sites excluding steroid dienone is 2. The summed E-state index contributed by atoms with van der Waals surface area (Å²) in [7, 11) is 0. The van der Waals surface area contributed by atoms with E-state index in [1.807, 2.05) is 0 Å². The Hall–Kier alpha value is -1.45. The van der Waals surface area contributed by atoms with Crippen LogP contribution in [-0.4, -0.2) is 23.6 Å². The average molecular weight is 471 g/mol. The quantitative estimate of drug-likeness (QED) is 0.344. The fourth-order valence-electron chi connectivity index (χ4n) is 8.65. The summed E-state index contributed by atoms with van der Waals surface area (Å²) < 4.78 is 5.52. The zero-order valence-electron chi connectivity index (χ0n) is 22.4. The van der Waals surface area contributed by atoms with Gasteiger partial charge in [-0.2, -0.15) is 0 Å². The molecule has 0 bridgehead atoms. The molecule has 0 N–H and O–H groups in total. The molecule has 0 spiro atoms. The summed E-state index contributed by atoms with van der Waals surface area (Å²) in [5, 5.41) is 0. The summed E-state index contributed by atoms with van der Waals surface area (Å²) in [4.78, 5) is 39.1. The lowest BCUT2D eigenvalue weighted by Crippen LogP contribution is -2.61. The van der Waals surface area contributed by atoms with E-state index in [0.717, 1.165) is 32.1 Å². The molecular formula is C30H46O4. The van der Waals surface area contributed by atoms with Crippen molar-refractivity contribution in [3.05, 3.63) is 12.2 Å². The van der Waals surface area contributed by atoms with Gasteiger partial charge < -0.3 is 4.74 Å². The van der Waals surface area contributed by atoms with Crippen molar-refractivity contribution in [3.8, 4) is 0 Å². The third-order valence-electron chi connectivity index (χ3n) is 10.9. The lowest BCUT2D eigenvalue weighted by molar-refractivity contribution is -0.175. The van der Waals surface area contributed by atoms with Gasteiger partial charge in [0, 0.05) is 31.6 Å². The van der Waals surface area contributed by atoms with Gasteiger partial charge in [-0.15, -0.1) is 0 Å². The van der Waals surface area contributed by atoms with Gasteiger partial charge in [0.25, 0.3) is 0 Å². The third kappa shape index (κ3) is 4.22. The Morgan fingerprint density at radius 1 is 1.00 bits per heavy atom. The number of rotatable bonds is 5. The molecule has 0 heterocycles. The highest BCUT2D eigenvalue weighted by Gasteiger charge is 2.66. The minimum atomic E-state index is -0.249. The first kappa shape index (κ1) is 25.6. The number of Topliss-reactive ketones (excluding diaryl/α,β-unsaturated/α-hetero) is 2. The number of fused-ring (bicyclic) bond motifs is 5. The molecule has 4 saturated carbocycles. The predicted molar refractivity (Wildman–Crippen MR) is 134 cm³/mol. The Labute approximate surface area is 206 Å². The van der Waals surface area contributed by atoms with E-state index in [0.29, 0.717) is 54.0 Å². The van der Waals surface area contributed by atoms with Crippen molar-refractivity contribution in [1.82, 2.24) is 0 Å². The van der Waals surface area contributed by atoms with E-state index >= 15 is 0 Å². The molecule has 0 aromatic rings. The molecule has 4 aliphatic rings. The molecule has 0 aromatic heterocycles. The summed E-state index contributed by atoms with van der Waals surface area (Å²) in [6.07, 6.45) is 10.4. The van der Waals surface area contributed by atoms with E-state index in [-0.39, 0.29) is 40.7 Å². The second-order valence-corrected chi connectivity index (χ2v) is 13.2. The lowest BCUT2D eigenvalue weighted by Gasteiger charge is -2.59. The molecule has 4 aliphatic carbocycles. The smallest absolute Gasteiger partial charge is 0.302 e. The molecule has 0 saturated heterocycles. The summed E-state index contributed by atoms with van der Waals surface area (Å²) in [5.74, 6) is 2.61. The first-order chi connectivity index (χ1) is 15.9. The van der Waals surface area contributed by atoms with Crippen molar-refractivity contribution in [3.63, 3.8) is 0 Å². The number of ether oxygens (including phenoxy) is 1. The van der Waals surface area contributed by atoms with Gasteiger partial charge in [0.15, 0.2) is 0 Å². The zero-order chi connectivity index (χ0) is 25.0. The summed E-state index contributed by atoms with van der Waals surface area (Å²) >= 11 is 0. The van der Waals surface area contributed by atoms with Gasteiger partial charge in [0.1, 0.15) is 17.7 Å². The van der Waals surface area contributed by atoms with Crippen LogP contribution in [0.2, 0.25) is 0 Å². The maximum absolute atomic E-state index is 13.9. The van der Waals surface area contributed by atoms with Gasteiger partial charge in [-0.25, -0.2) is 0 Å². The Morgan fingerprint density at radius 3 is 2.35 bits per heavy atom. The minimum absolute atomic E-state index is 0.0864. The van der Waals surface area contributed by atoms with Gasteiger partial charge in [0.2, 0.25) is 0 Å². The maximum Gasteiger partial charge on any atom is 0.302 e. The Morgan fingerprint density at radius 2 is 1.71 bits per heavy atom. The molecule has 4 nitrogen and oxygen atoms in total. The largest absolute Gasteiger partial charge is 0.463 e. The van der Waals surface area contributed by atoms with Crippen LogP contribution in [0.1, 0.15) is 93.4 Å². The van der Waals surface area contributed by atoms with Gasteiger partial charge in [-0.1, -0.05) is 53.7 Å². The highest BCUT2D eigenvalue weighted by molar-refractivity contribution is 5.94. The van der Waals surface area contributed by atoms with E-state index in [9.17, 15) is 14.4 Å². The van der Waals surface area contributed by atoms with Gasteiger partial charge >= 0.3 is 5.97 Å². The Kier molecular flexibility index (Phi) is 6.94. The van der Waals surface area contributed by atoms with Crippen LogP contribution in [-0.2, 0) is 19.1 Å². The zero-order valence-corrected chi connectivity index (χ0v) is 22.4. The first-order valence-electron chi connectivity index (χ1n) is 13.8. The van der Waals surface area contributed by atoms with E-state index in [4.69, 9.17) is 4.74 Å². The number of esters is 1. The van der Waals surface area contributed by atoms with Crippen molar-refractivity contribution in [2.45, 2.75) is 99.5 Å². The highest BCUT2D eigenvalue weighted by Crippen LogP contribution is 2.66. The number of hydrogen-bond donors (Lipinski definition) is 0. The monoisotopic (exact) mass is 470 g/mol. The topological polar surface area (TPSA) is 60.4 Å². The van der Waals surface area contributed by atoms with Crippen molar-refractivity contribution in [2.24, 2.45) is 58.2 Å². The number of carbonyl (C=O) groups is 3. The standard InChI is InChI=1S/C30H46O4/c1-17(2)18(3)8-9-19(4)23-10-11-24-27-25(32)15-21-14-22(34-20(5)31)12-13-29(21,6)28(27)26(33)16-30(23,24)7/h8-9,17-19,21-24,27-28H,10-16H2,1-7H3/b9-8+/t18-,19+,21+,22+,23+,24+,27-,28+,29-,30-/m0/s1. The van der Waals surface area contributed by atoms with Crippen molar-refractivity contribution in [1.29, 1.82) is 0 Å². The van der Waals surface area contributed by atoms with Crippen LogP contribution in [0.5, 0.6) is 0 Å². The van der Waals surface area contributed by atoms with Gasteiger partial charge in [-0.05, 0) is 78.4 Å². The summed E-state index contributed by atoms with van der Waals surface area (Å²) in [6.45, 7) is 15.1. The fraction of sp³-hybridized carbons (Fsp3) is 0.833. The number of carbonyl (C=O) groups excluding carboxylic acids is 3. The number of hydrogen-bond acceptors (Lipinski definition) is 4. The van der Waals surface area contributed by atoms with Crippen LogP contribution in [0.3, 0.4) is 0 Å². The van der Waals surface area contributed by atoms with Gasteiger partial charge in [-0.3, -0.25) is 14.4 Å². The lowest BCUT2D eigenvalue weighted by atomic mass is 9.43. The molecule has 0 unspecified atom stereocenters. The molecule has 4 fully saturated rings. The van der Waals surface area contributed by atoms with E-state index in [1.165, 1.54) is 6.92 Å². The van der Waals surface area contributed by atoms with Crippen molar-refractivity contribution in [2.75, 3.05) is 0 Å². The second kappa shape index (κ2) is 9.21. The van der Waals surface area contributed by atoms with E-state index in [1.54, 1.807) is 0 Å². The molecule has 4 rings (SSSR count). The molecule has 0 aliphatic heterocycles. The Balaban J connectivity index is 1.57. The fourth-order valence-corrected chi connectivity index (χ4v) is 8.65. The van der Waals surface area contributed by atoms with E-state index < -0.39 is 0 Å². The SMILES string of the molecule is CC(=O)O[C@@H]1CC[C@@]2(C)[C@@H](CC(=O)[C@@H]3[C@H]4CC[C@H]([C@H](C)/C=C/[C@H](C)C(C)C)[C@]4(C)CC(=O)[C@H]32)C1. The van der Waals surface area contributed by atoms with Crippen LogP contribution in [0.15, 0.2) is 12.2 Å². The molecule has 0 amide bonds. The van der Waals surface area contributed by atoms with Crippen molar-refractivity contribution >= 4 is 17.5 Å². The summed E-state index contributed by atoms with van der Waals surface area (Å²) in [5.41, 5.74) is -0.235. The molecule has 10 atom stereocenters. The van der Waals surface area contributed by atoms with Crippen LogP contribution in [0.4, 0.5) is 0 Å². The van der Waals surface area contributed by atoms with Crippen molar-refractivity contribution < 1.29 is 19.1 Å². The molecule has 34 heavy (non-hydrogen) atoms. The molecule has 4 heteroatoms. The van der Waals surface area contributed by atoms with Crippen LogP contribution < -0.4 is 0 Å². The first-order valence-corrected chi connectivity index (χ1v) is 13.8. The molecule has 0 radical (unpaired) electrons. The third-order valence-corrected chi connectivity index (χ3v) is 10.9. The normalized spacial score (nSPS) is 43.9. The molecule has 0 aromatic carbocycles. The van der Waals surface area contributed by atoms with E-state index in [2.05, 4.69) is 53.7 Å². The second-order valence-electron chi connectivity index (χ2n) is 13.2. The van der Waals surface area contributed by atoms with Crippen LogP contribution in [0, 0.1) is 58.2 Å².